The highest BCUT2D eigenvalue weighted by atomic mass is 19.2. The maximum atomic E-state index is 13.3. The van der Waals surface area contributed by atoms with Gasteiger partial charge in [0.1, 0.15) is 6.04 Å². The minimum absolute atomic E-state index is 0.0774. The molecule has 0 radical (unpaired) electrons. The standard InChI is InChI=1S/C20H17F2N3O3/c1-28-20(27)18(10-13-11-23-16-4-2-3-5-17(16)24-13)25-19(26)9-12-6-7-14(21)15(22)8-12/h2-8,11,18H,9-10H2,1H3,(H,25,26)/t18-/m0/s1. The molecule has 0 saturated heterocycles. The number of carbonyl (C=O) groups is 2. The summed E-state index contributed by atoms with van der Waals surface area (Å²) in [4.78, 5) is 33.1. The van der Waals surface area contributed by atoms with Crippen molar-refractivity contribution in [3.8, 4) is 0 Å². The molecule has 2 aromatic carbocycles. The van der Waals surface area contributed by atoms with E-state index in [0.29, 0.717) is 16.7 Å². The Morgan fingerprint density at radius 3 is 2.57 bits per heavy atom. The Labute approximate surface area is 159 Å². The summed E-state index contributed by atoms with van der Waals surface area (Å²) in [5.41, 5.74) is 2.16. The van der Waals surface area contributed by atoms with Gasteiger partial charge in [0.15, 0.2) is 11.6 Å². The number of methoxy groups -OCH3 is 1. The molecule has 0 bridgehead atoms. The van der Waals surface area contributed by atoms with E-state index in [1.54, 1.807) is 6.07 Å². The van der Waals surface area contributed by atoms with Crippen LogP contribution in [-0.4, -0.2) is 35.0 Å². The second-order valence-electron chi connectivity index (χ2n) is 6.12. The molecular weight excluding hydrogens is 368 g/mol. The van der Waals surface area contributed by atoms with Crippen LogP contribution in [0.2, 0.25) is 0 Å². The SMILES string of the molecule is COC(=O)[C@H](Cc1cnc2ccccc2n1)NC(=O)Cc1ccc(F)c(F)c1. The lowest BCUT2D eigenvalue weighted by Crippen LogP contribution is -2.43. The number of ether oxygens (including phenoxy) is 1. The molecule has 0 unspecified atom stereocenters. The van der Waals surface area contributed by atoms with Crippen molar-refractivity contribution in [1.82, 2.24) is 15.3 Å². The largest absolute Gasteiger partial charge is 0.467 e. The molecule has 8 heteroatoms. The van der Waals surface area contributed by atoms with Crippen molar-refractivity contribution in [2.75, 3.05) is 7.11 Å². The summed E-state index contributed by atoms with van der Waals surface area (Å²) < 4.78 is 31.0. The smallest absolute Gasteiger partial charge is 0.328 e. The molecule has 144 valence electrons. The number of rotatable bonds is 6. The summed E-state index contributed by atoms with van der Waals surface area (Å²) in [5.74, 6) is -3.21. The van der Waals surface area contributed by atoms with Gasteiger partial charge in [-0.25, -0.2) is 18.6 Å². The van der Waals surface area contributed by atoms with Gasteiger partial charge in [0.05, 0.1) is 30.3 Å². The fourth-order valence-electron chi connectivity index (χ4n) is 2.72. The molecule has 1 atom stereocenters. The first kappa shape index (κ1) is 19.3. The van der Waals surface area contributed by atoms with Crippen molar-refractivity contribution in [2.45, 2.75) is 18.9 Å². The topological polar surface area (TPSA) is 81.2 Å². The number of fused-ring (bicyclic) bond motifs is 1. The zero-order valence-electron chi connectivity index (χ0n) is 15.0. The molecule has 0 aliphatic rings. The van der Waals surface area contributed by atoms with Gasteiger partial charge in [-0.3, -0.25) is 9.78 Å². The molecule has 1 aromatic heterocycles. The third-order valence-electron chi connectivity index (χ3n) is 4.08. The predicted octanol–water partition coefficient (Wildman–Crippen LogP) is 2.35. The number of para-hydroxylation sites is 2. The van der Waals surface area contributed by atoms with Crippen molar-refractivity contribution < 1.29 is 23.1 Å². The average Bonchev–Trinajstić information content (AvgIpc) is 2.69. The Kier molecular flexibility index (Phi) is 5.88. The van der Waals surface area contributed by atoms with E-state index < -0.39 is 29.6 Å². The number of amides is 1. The first-order valence-corrected chi connectivity index (χ1v) is 8.48. The fourth-order valence-corrected chi connectivity index (χ4v) is 2.72. The Morgan fingerprint density at radius 1 is 1.11 bits per heavy atom. The Morgan fingerprint density at radius 2 is 1.86 bits per heavy atom. The molecule has 28 heavy (non-hydrogen) atoms. The number of aromatic nitrogens is 2. The Bertz CT molecular complexity index is 1030. The van der Waals surface area contributed by atoms with Gasteiger partial charge in [0, 0.05) is 12.6 Å². The van der Waals surface area contributed by atoms with Crippen molar-refractivity contribution in [2.24, 2.45) is 0 Å². The lowest BCUT2D eigenvalue weighted by atomic mass is 10.1. The van der Waals surface area contributed by atoms with E-state index in [1.165, 1.54) is 19.4 Å². The van der Waals surface area contributed by atoms with Crippen LogP contribution < -0.4 is 5.32 Å². The number of halogens is 2. The van der Waals surface area contributed by atoms with Gasteiger partial charge in [-0.05, 0) is 29.8 Å². The van der Waals surface area contributed by atoms with E-state index in [4.69, 9.17) is 4.74 Å². The summed E-state index contributed by atoms with van der Waals surface area (Å²) in [6.07, 6.45) is 1.39. The number of carbonyl (C=O) groups excluding carboxylic acids is 2. The second-order valence-corrected chi connectivity index (χ2v) is 6.12. The number of hydrogen-bond acceptors (Lipinski definition) is 5. The molecule has 0 aliphatic heterocycles. The maximum Gasteiger partial charge on any atom is 0.328 e. The number of hydrogen-bond donors (Lipinski definition) is 1. The van der Waals surface area contributed by atoms with Crippen LogP contribution in [0, 0.1) is 11.6 Å². The van der Waals surface area contributed by atoms with Gasteiger partial charge in [0.25, 0.3) is 0 Å². The van der Waals surface area contributed by atoms with E-state index in [0.717, 1.165) is 12.1 Å². The van der Waals surface area contributed by atoms with Crippen LogP contribution in [0.3, 0.4) is 0 Å². The second kappa shape index (κ2) is 8.51. The third kappa shape index (κ3) is 4.64. The predicted molar refractivity (Wildman–Crippen MR) is 97.3 cm³/mol. The van der Waals surface area contributed by atoms with Crippen LogP contribution in [0.1, 0.15) is 11.3 Å². The summed E-state index contributed by atoms with van der Waals surface area (Å²) in [5, 5.41) is 2.55. The zero-order valence-corrected chi connectivity index (χ0v) is 15.0. The van der Waals surface area contributed by atoms with E-state index in [1.807, 2.05) is 18.2 Å². The number of esters is 1. The lowest BCUT2D eigenvalue weighted by molar-refractivity contribution is -0.145. The van der Waals surface area contributed by atoms with Gasteiger partial charge in [-0.2, -0.15) is 0 Å². The van der Waals surface area contributed by atoms with E-state index in [9.17, 15) is 18.4 Å². The molecular formula is C20H17F2N3O3. The van der Waals surface area contributed by atoms with Crippen molar-refractivity contribution in [3.63, 3.8) is 0 Å². The van der Waals surface area contributed by atoms with Crippen LogP contribution in [0.25, 0.3) is 11.0 Å². The molecule has 3 aromatic rings. The van der Waals surface area contributed by atoms with E-state index >= 15 is 0 Å². The highest BCUT2D eigenvalue weighted by Crippen LogP contribution is 2.12. The molecule has 0 fully saturated rings. The Hall–Kier alpha value is -3.42. The van der Waals surface area contributed by atoms with Crippen LogP contribution in [0.15, 0.2) is 48.7 Å². The summed E-state index contributed by atoms with van der Waals surface area (Å²) in [7, 11) is 1.21. The van der Waals surface area contributed by atoms with E-state index in [-0.39, 0.29) is 18.4 Å². The summed E-state index contributed by atoms with van der Waals surface area (Å²) >= 11 is 0. The van der Waals surface area contributed by atoms with Gasteiger partial charge in [-0.1, -0.05) is 18.2 Å². The Balaban J connectivity index is 1.72. The van der Waals surface area contributed by atoms with Crippen molar-refractivity contribution in [1.29, 1.82) is 0 Å². The number of benzene rings is 2. The average molecular weight is 385 g/mol. The summed E-state index contributed by atoms with van der Waals surface area (Å²) in [6.45, 7) is 0. The molecule has 3 rings (SSSR count). The first-order valence-electron chi connectivity index (χ1n) is 8.48. The monoisotopic (exact) mass is 385 g/mol. The van der Waals surface area contributed by atoms with Crippen molar-refractivity contribution >= 4 is 22.9 Å². The first-order chi connectivity index (χ1) is 13.5. The van der Waals surface area contributed by atoms with Gasteiger partial charge in [-0.15, -0.1) is 0 Å². The van der Waals surface area contributed by atoms with Crippen molar-refractivity contribution in [3.05, 3.63) is 71.6 Å². The molecule has 1 amide bonds. The quantitative estimate of drug-likeness (QED) is 0.659. The molecule has 0 saturated carbocycles. The van der Waals surface area contributed by atoms with Crippen LogP contribution in [0.5, 0.6) is 0 Å². The third-order valence-corrected chi connectivity index (χ3v) is 4.08. The van der Waals surface area contributed by atoms with Crippen LogP contribution in [0.4, 0.5) is 8.78 Å². The fraction of sp³-hybridized carbons (Fsp3) is 0.200. The molecule has 6 nitrogen and oxygen atoms in total. The summed E-state index contributed by atoms with van der Waals surface area (Å²) in [6, 6.07) is 9.47. The molecule has 0 aliphatic carbocycles. The molecule has 0 spiro atoms. The van der Waals surface area contributed by atoms with Crippen LogP contribution in [-0.2, 0) is 27.2 Å². The van der Waals surface area contributed by atoms with Gasteiger partial charge in [0.2, 0.25) is 5.91 Å². The normalized spacial score (nSPS) is 11.8. The van der Waals surface area contributed by atoms with Crippen LogP contribution >= 0.6 is 0 Å². The minimum Gasteiger partial charge on any atom is -0.467 e. The highest BCUT2D eigenvalue weighted by molar-refractivity contribution is 5.85. The molecule has 1 N–H and O–H groups in total. The molecule has 1 heterocycles. The number of nitrogens with one attached hydrogen (secondary N) is 1. The van der Waals surface area contributed by atoms with Gasteiger partial charge >= 0.3 is 5.97 Å². The van der Waals surface area contributed by atoms with Gasteiger partial charge < -0.3 is 10.1 Å². The maximum absolute atomic E-state index is 13.3. The number of nitrogens with zero attached hydrogens (tertiary/aromatic N) is 2. The highest BCUT2D eigenvalue weighted by Gasteiger charge is 2.23. The minimum atomic E-state index is -1.04. The lowest BCUT2D eigenvalue weighted by Gasteiger charge is -2.16. The van der Waals surface area contributed by atoms with E-state index in [2.05, 4.69) is 15.3 Å². The zero-order chi connectivity index (χ0) is 20.1.